The maximum Gasteiger partial charge on any atom is 0.101 e. The van der Waals surface area contributed by atoms with Gasteiger partial charge in [0.15, 0.2) is 0 Å². The number of aromatic nitrogens is 2. The highest BCUT2D eigenvalue weighted by atomic mass is 79.9. The van der Waals surface area contributed by atoms with Gasteiger partial charge in [-0.15, -0.1) is 0 Å². The summed E-state index contributed by atoms with van der Waals surface area (Å²) >= 11 is 3.47. The quantitative estimate of drug-likeness (QED) is 0.868. The second-order valence-electron chi connectivity index (χ2n) is 5.31. The van der Waals surface area contributed by atoms with Crippen LogP contribution >= 0.6 is 15.9 Å². The molecule has 5 heteroatoms. The number of aliphatic hydroxyl groups excluding tert-OH is 1. The second kappa shape index (κ2) is 7.20. The smallest absolute Gasteiger partial charge is 0.101 e. The molecule has 1 unspecified atom stereocenters. The fourth-order valence-electron chi connectivity index (χ4n) is 2.57. The molecule has 1 heterocycles. The van der Waals surface area contributed by atoms with Crippen molar-refractivity contribution >= 4 is 15.9 Å². The number of benzene rings is 1. The van der Waals surface area contributed by atoms with E-state index in [9.17, 15) is 5.11 Å². The Kier molecular flexibility index (Phi) is 5.56. The van der Waals surface area contributed by atoms with Crippen molar-refractivity contribution in [1.82, 2.24) is 9.78 Å². The zero-order valence-corrected chi connectivity index (χ0v) is 14.2. The Balaban J connectivity index is 2.19. The molecule has 0 aliphatic heterocycles. The number of hydrogen-bond acceptors (Lipinski definition) is 3. The van der Waals surface area contributed by atoms with Crippen LogP contribution in [-0.2, 0) is 17.7 Å². The fourth-order valence-corrected chi connectivity index (χ4v) is 3.13. The molecule has 0 saturated carbocycles. The van der Waals surface area contributed by atoms with Gasteiger partial charge in [0, 0.05) is 13.5 Å². The third-order valence-corrected chi connectivity index (χ3v) is 3.98. The predicted octanol–water partition coefficient (Wildman–Crippen LogP) is 3.18. The molecule has 2 aromatic rings. The number of nitrogens with zero attached hydrogens (tertiary/aromatic N) is 2. The van der Waals surface area contributed by atoms with E-state index in [1.54, 1.807) is 18.0 Å². The third kappa shape index (κ3) is 4.15. The highest BCUT2D eigenvalue weighted by molar-refractivity contribution is 9.10. The van der Waals surface area contributed by atoms with Crippen molar-refractivity contribution in [2.45, 2.75) is 32.9 Å². The van der Waals surface area contributed by atoms with Gasteiger partial charge >= 0.3 is 0 Å². The molecule has 0 spiro atoms. The van der Waals surface area contributed by atoms with E-state index in [1.165, 1.54) is 11.1 Å². The molecule has 0 aliphatic carbocycles. The molecule has 114 valence electrons. The maximum absolute atomic E-state index is 10.6. The number of ether oxygens (including phenoxy) is 1. The van der Waals surface area contributed by atoms with Crippen LogP contribution in [0.5, 0.6) is 0 Å². The SMILES string of the molecule is COCCn1ncc(Br)c1C(O)Cc1cc(C)cc(C)c1. The molecule has 0 bridgehead atoms. The molecule has 0 aliphatic rings. The third-order valence-electron chi connectivity index (χ3n) is 3.37. The van der Waals surface area contributed by atoms with Crippen LogP contribution in [0.3, 0.4) is 0 Å². The number of aryl methyl sites for hydroxylation is 2. The fraction of sp³-hybridized carbons (Fsp3) is 0.438. The predicted molar refractivity (Wildman–Crippen MR) is 86.4 cm³/mol. The Hall–Kier alpha value is -1.17. The van der Waals surface area contributed by atoms with Crippen molar-refractivity contribution < 1.29 is 9.84 Å². The first kappa shape index (κ1) is 16.2. The summed E-state index contributed by atoms with van der Waals surface area (Å²) in [5.74, 6) is 0. The molecule has 21 heavy (non-hydrogen) atoms. The molecule has 1 aromatic heterocycles. The van der Waals surface area contributed by atoms with E-state index in [2.05, 4.69) is 53.1 Å². The summed E-state index contributed by atoms with van der Waals surface area (Å²) in [6, 6.07) is 6.36. The summed E-state index contributed by atoms with van der Waals surface area (Å²) in [6.45, 7) is 5.34. The van der Waals surface area contributed by atoms with Crippen LogP contribution in [0.1, 0.15) is 28.5 Å². The summed E-state index contributed by atoms with van der Waals surface area (Å²) in [5.41, 5.74) is 4.35. The highest BCUT2D eigenvalue weighted by Crippen LogP contribution is 2.26. The summed E-state index contributed by atoms with van der Waals surface area (Å²) in [4.78, 5) is 0. The summed E-state index contributed by atoms with van der Waals surface area (Å²) < 4.78 is 7.70. The van der Waals surface area contributed by atoms with Gasteiger partial charge in [-0.2, -0.15) is 5.10 Å². The summed E-state index contributed by atoms with van der Waals surface area (Å²) in [7, 11) is 1.66. The second-order valence-corrected chi connectivity index (χ2v) is 6.16. The molecular weight excluding hydrogens is 332 g/mol. The van der Waals surface area contributed by atoms with Crippen LogP contribution in [0.2, 0.25) is 0 Å². The lowest BCUT2D eigenvalue weighted by molar-refractivity contribution is 0.152. The van der Waals surface area contributed by atoms with E-state index in [0.29, 0.717) is 19.6 Å². The van der Waals surface area contributed by atoms with Gasteiger partial charge in [-0.05, 0) is 35.3 Å². The Labute approximate surface area is 133 Å². The van der Waals surface area contributed by atoms with Crippen molar-refractivity contribution in [3.63, 3.8) is 0 Å². The van der Waals surface area contributed by atoms with Crippen LogP contribution in [0.4, 0.5) is 0 Å². The van der Waals surface area contributed by atoms with E-state index in [1.807, 2.05) is 0 Å². The maximum atomic E-state index is 10.6. The van der Waals surface area contributed by atoms with E-state index >= 15 is 0 Å². The topological polar surface area (TPSA) is 47.3 Å². The zero-order chi connectivity index (χ0) is 15.4. The van der Waals surface area contributed by atoms with Crippen molar-refractivity contribution in [1.29, 1.82) is 0 Å². The number of hydrogen-bond donors (Lipinski definition) is 1. The van der Waals surface area contributed by atoms with Gasteiger partial charge in [0.2, 0.25) is 0 Å². The monoisotopic (exact) mass is 352 g/mol. The molecule has 1 aromatic carbocycles. The van der Waals surface area contributed by atoms with Gasteiger partial charge in [0.1, 0.15) is 6.10 Å². The van der Waals surface area contributed by atoms with E-state index in [4.69, 9.17) is 4.74 Å². The highest BCUT2D eigenvalue weighted by Gasteiger charge is 2.18. The van der Waals surface area contributed by atoms with Gasteiger partial charge in [-0.3, -0.25) is 4.68 Å². The molecule has 1 atom stereocenters. The first-order valence-corrected chi connectivity index (χ1v) is 7.76. The van der Waals surface area contributed by atoms with Crippen LogP contribution in [0.25, 0.3) is 0 Å². The molecule has 0 amide bonds. The average Bonchev–Trinajstić information content (AvgIpc) is 2.76. The first-order chi connectivity index (χ1) is 10.0. The Morgan fingerprint density at radius 3 is 2.57 bits per heavy atom. The van der Waals surface area contributed by atoms with Crippen LogP contribution < -0.4 is 0 Å². The van der Waals surface area contributed by atoms with E-state index < -0.39 is 6.10 Å². The van der Waals surface area contributed by atoms with Gasteiger partial charge in [0.25, 0.3) is 0 Å². The minimum Gasteiger partial charge on any atom is -0.386 e. The lowest BCUT2D eigenvalue weighted by Gasteiger charge is -2.15. The largest absolute Gasteiger partial charge is 0.386 e. The first-order valence-electron chi connectivity index (χ1n) is 6.96. The average molecular weight is 353 g/mol. The van der Waals surface area contributed by atoms with Gasteiger partial charge in [0.05, 0.1) is 29.5 Å². The van der Waals surface area contributed by atoms with Gasteiger partial charge < -0.3 is 9.84 Å². The normalized spacial score (nSPS) is 12.6. The molecule has 0 radical (unpaired) electrons. The standard InChI is InChI=1S/C16H21BrN2O2/c1-11-6-12(2)8-13(7-11)9-15(20)16-14(17)10-18-19(16)4-5-21-3/h6-8,10,15,20H,4-5,9H2,1-3H3. The minimum absolute atomic E-state index is 0.567. The van der Waals surface area contributed by atoms with E-state index in [-0.39, 0.29) is 0 Å². The van der Waals surface area contributed by atoms with Crippen LogP contribution in [0, 0.1) is 13.8 Å². The lowest BCUT2D eigenvalue weighted by Crippen LogP contribution is -2.14. The molecule has 0 fully saturated rings. The van der Waals surface area contributed by atoms with Gasteiger partial charge in [-0.1, -0.05) is 29.3 Å². The van der Waals surface area contributed by atoms with Crippen LogP contribution in [0.15, 0.2) is 28.9 Å². The van der Waals surface area contributed by atoms with Crippen molar-refractivity contribution in [2.24, 2.45) is 0 Å². The Morgan fingerprint density at radius 2 is 1.95 bits per heavy atom. The molecule has 4 nitrogen and oxygen atoms in total. The van der Waals surface area contributed by atoms with Crippen molar-refractivity contribution in [2.75, 3.05) is 13.7 Å². The van der Waals surface area contributed by atoms with Crippen LogP contribution in [-0.4, -0.2) is 28.6 Å². The summed E-state index contributed by atoms with van der Waals surface area (Å²) in [6.07, 6.45) is 1.69. The summed E-state index contributed by atoms with van der Waals surface area (Å²) in [5, 5.41) is 14.9. The number of methoxy groups -OCH3 is 1. The number of rotatable bonds is 6. The molecule has 2 rings (SSSR count). The number of halogens is 1. The molecule has 1 N–H and O–H groups in total. The van der Waals surface area contributed by atoms with Gasteiger partial charge in [-0.25, -0.2) is 0 Å². The molecule has 0 saturated heterocycles. The minimum atomic E-state index is -0.597. The Bertz CT molecular complexity index is 590. The Morgan fingerprint density at radius 1 is 1.29 bits per heavy atom. The lowest BCUT2D eigenvalue weighted by atomic mass is 10.0. The molecular formula is C16H21BrN2O2. The van der Waals surface area contributed by atoms with Crippen molar-refractivity contribution in [3.8, 4) is 0 Å². The number of aliphatic hydroxyl groups is 1. The van der Waals surface area contributed by atoms with Crippen molar-refractivity contribution in [3.05, 3.63) is 51.3 Å². The van der Waals surface area contributed by atoms with E-state index in [0.717, 1.165) is 15.7 Å². The zero-order valence-electron chi connectivity index (χ0n) is 12.6.